The van der Waals surface area contributed by atoms with Crippen LogP contribution >= 0.6 is 0 Å². The van der Waals surface area contributed by atoms with Gasteiger partial charge in [-0.25, -0.2) is 0 Å². The highest BCUT2D eigenvalue weighted by Gasteiger charge is 2.38. The number of nitrogens with zero attached hydrogens (tertiary/aromatic N) is 3. The number of carbonyl (C=O) groups is 1. The van der Waals surface area contributed by atoms with Crippen LogP contribution in [0.25, 0.3) is 11.1 Å². The van der Waals surface area contributed by atoms with E-state index < -0.39 is 0 Å². The number of amides is 1. The topological polar surface area (TPSA) is 59.4 Å². The zero-order valence-electron chi connectivity index (χ0n) is 16.3. The first kappa shape index (κ1) is 18.7. The molecule has 1 saturated heterocycles. The summed E-state index contributed by atoms with van der Waals surface area (Å²) in [5.74, 6) is 0.700. The van der Waals surface area contributed by atoms with Crippen molar-refractivity contribution < 1.29 is 4.79 Å². The normalized spacial score (nSPS) is 21.9. The van der Waals surface area contributed by atoms with Crippen molar-refractivity contribution in [3.05, 3.63) is 59.7 Å². The summed E-state index contributed by atoms with van der Waals surface area (Å²) in [7, 11) is 2.10. The molecule has 4 rings (SSSR count). The standard InChI is InChI=1S/C23H26N4O/c1-26-9-11-27(12-10-26)23(28)16-25-22-14-21(22)19-7-5-18(6-8-19)20-4-2-3-17(13-20)15-24/h2-8,13,21-22,25H,9-12,14,16H2,1H3. The maximum absolute atomic E-state index is 12.4. The zero-order valence-corrected chi connectivity index (χ0v) is 16.3. The van der Waals surface area contributed by atoms with E-state index in [1.165, 1.54) is 5.56 Å². The average molecular weight is 374 g/mol. The summed E-state index contributed by atoms with van der Waals surface area (Å²) in [6, 6.07) is 18.8. The van der Waals surface area contributed by atoms with E-state index in [4.69, 9.17) is 5.26 Å². The first-order valence-corrected chi connectivity index (χ1v) is 9.94. The third-order valence-electron chi connectivity index (χ3n) is 5.83. The maximum Gasteiger partial charge on any atom is 0.236 e. The Morgan fingerprint density at radius 2 is 1.86 bits per heavy atom. The first-order chi connectivity index (χ1) is 13.6. The van der Waals surface area contributed by atoms with Crippen molar-refractivity contribution in [1.29, 1.82) is 5.26 Å². The molecule has 5 heteroatoms. The molecule has 1 heterocycles. The highest BCUT2D eigenvalue weighted by Crippen LogP contribution is 2.41. The smallest absolute Gasteiger partial charge is 0.236 e. The first-order valence-electron chi connectivity index (χ1n) is 9.94. The Bertz CT molecular complexity index is 878. The summed E-state index contributed by atoms with van der Waals surface area (Å²) in [5, 5.41) is 12.5. The second kappa shape index (κ2) is 8.14. The molecule has 1 N–H and O–H groups in total. The number of nitrogens with one attached hydrogen (secondary N) is 1. The van der Waals surface area contributed by atoms with E-state index in [0.717, 1.165) is 43.7 Å². The molecule has 1 aliphatic heterocycles. The molecule has 1 saturated carbocycles. The summed E-state index contributed by atoms with van der Waals surface area (Å²) in [6.07, 6.45) is 1.08. The number of carbonyl (C=O) groups excluding carboxylic acids is 1. The molecule has 2 aromatic carbocycles. The summed E-state index contributed by atoms with van der Waals surface area (Å²) in [4.78, 5) is 16.6. The molecule has 5 nitrogen and oxygen atoms in total. The Kier molecular flexibility index (Phi) is 5.43. The second-order valence-corrected chi connectivity index (χ2v) is 7.83. The molecule has 2 aliphatic rings. The lowest BCUT2D eigenvalue weighted by molar-refractivity contribution is -0.131. The van der Waals surface area contributed by atoms with Gasteiger partial charge < -0.3 is 15.1 Å². The predicted octanol–water partition coefficient (Wildman–Crippen LogP) is 2.44. The van der Waals surface area contributed by atoms with E-state index in [0.29, 0.717) is 24.1 Å². The number of benzene rings is 2. The molecule has 28 heavy (non-hydrogen) atoms. The largest absolute Gasteiger partial charge is 0.339 e. The number of hydrogen-bond acceptors (Lipinski definition) is 4. The van der Waals surface area contributed by atoms with Gasteiger partial charge in [-0.2, -0.15) is 5.26 Å². The van der Waals surface area contributed by atoms with Gasteiger partial charge >= 0.3 is 0 Å². The van der Waals surface area contributed by atoms with Crippen LogP contribution in [0.4, 0.5) is 0 Å². The molecule has 2 aromatic rings. The maximum atomic E-state index is 12.4. The van der Waals surface area contributed by atoms with Gasteiger partial charge in [0, 0.05) is 38.1 Å². The highest BCUT2D eigenvalue weighted by atomic mass is 16.2. The van der Waals surface area contributed by atoms with Crippen molar-refractivity contribution in [3.8, 4) is 17.2 Å². The van der Waals surface area contributed by atoms with Gasteiger partial charge in [0.1, 0.15) is 0 Å². The molecular formula is C23H26N4O. The van der Waals surface area contributed by atoms with Gasteiger partial charge in [0.2, 0.25) is 5.91 Å². The lowest BCUT2D eigenvalue weighted by Crippen LogP contribution is -2.49. The molecule has 144 valence electrons. The molecule has 0 radical (unpaired) electrons. The van der Waals surface area contributed by atoms with Gasteiger partial charge in [0.15, 0.2) is 0 Å². The minimum absolute atomic E-state index is 0.214. The second-order valence-electron chi connectivity index (χ2n) is 7.83. The van der Waals surface area contributed by atoms with Crippen LogP contribution in [-0.4, -0.2) is 61.5 Å². The fourth-order valence-electron chi connectivity index (χ4n) is 3.87. The minimum Gasteiger partial charge on any atom is -0.339 e. The minimum atomic E-state index is 0.214. The Labute approximate surface area is 166 Å². The van der Waals surface area contributed by atoms with Crippen molar-refractivity contribution >= 4 is 5.91 Å². The highest BCUT2D eigenvalue weighted by molar-refractivity contribution is 5.78. The van der Waals surface area contributed by atoms with Crippen molar-refractivity contribution in [3.63, 3.8) is 0 Å². The summed E-state index contributed by atoms with van der Waals surface area (Å²) in [6.45, 7) is 4.02. The SMILES string of the molecule is CN1CCN(C(=O)CNC2CC2c2ccc(-c3cccc(C#N)c3)cc2)CC1. The lowest BCUT2D eigenvalue weighted by Gasteiger charge is -2.32. The van der Waals surface area contributed by atoms with Crippen molar-refractivity contribution in [2.24, 2.45) is 0 Å². The molecule has 1 aliphatic carbocycles. The molecule has 0 spiro atoms. The molecular weight excluding hydrogens is 348 g/mol. The van der Waals surface area contributed by atoms with Crippen molar-refractivity contribution in [2.45, 2.75) is 18.4 Å². The summed E-state index contributed by atoms with van der Waals surface area (Å²) < 4.78 is 0. The van der Waals surface area contributed by atoms with Gasteiger partial charge in [0.25, 0.3) is 0 Å². The van der Waals surface area contributed by atoms with Crippen LogP contribution in [0.15, 0.2) is 48.5 Å². The summed E-state index contributed by atoms with van der Waals surface area (Å²) in [5.41, 5.74) is 4.17. The number of piperazine rings is 1. The molecule has 2 fully saturated rings. The molecule has 1 amide bonds. The van der Waals surface area contributed by atoms with Crippen molar-refractivity contribution in [2.75, 3.05) is 39.8 Å². The third kappa shape index (κ3) is 4.24. The monoisotopic (exact) mass is 374 g/mol. The third-order valence-corrected chi connectivity index (χ3v) is 5.83. The van der Waals surface area contributed by atoms with Gasteiger partial charge in [-0.3, -0.25) is 4.79 Å². The number of nitriles is 1. The van der Waals surface area contributed by atoms with E-state index in [9.17, 15) is 4.79 Å². The van der Waals surface area contributed by atoms with E-state index in [-0.39, 0.29) is 5.91 Å². The predicted molar refractivity (Wildman–Crippen MR) is 110 cm³/mol. The fraction of sp³-hybridized carbons (Fsp3) is 0.391. The van der Waals surface area contributed by atoms with Gasteiger partial charge in [-0.05, 0) is 42.3 Å². The van der Waals surface area contributed by atoms with E-state index in [1.807, 2.05) is 29.2 Å². The lowest BCUT2D eigenvalue weighted by atomic mass is 10.0. The number of rotatable bonds is 5. The van der Waals surface area contributed by atoms with Gasteiger partial charge in [-0.15, -0.1) is 0 Å². The number of hydrogen-bond donors (Lipinski definition) is 1. The van der Waals surface area contributed by atoms with Crippen LogP contribution in [0.3, 0.4) is 0 Å². The quantitative estimate of drug-likeness (QED) is 0.873. The van der Waals surface area contributed by atoms with Crippen LogP contribution in [-0.2, 0) is 4.79 Å². The Hall–Kier alpha value is -2.68. The molecule has 0 bridgehead atoms. The van der Waals surface area contributed by atoms with Crippen LogP contribution < -0.4 is 5.32 Å². The van der Waals surface area contributed by atoms with Crippen molar-refractivity contribution in [1.82, 2.24) is 15.1 Å². The van der Waals surface area contributed by atoms with Crippen LogP contribution in [0.1, 0.15) is 23.5 Å². The summed E-state index contributed by atoms with van der Waals surface area (Å²) >= 11 is 0. The average Bonchev–Trinajstić information content (AvgIpc) is 3.52. The zero-order chi connectivity index (χ0) is 19.5. The molecule has 0 aromatic heterocycles. The van der Waals surface area contributed by atoms with E-state index in [1.54, 1.807) is 0 Å². The van der Waals surface area contributed by atoms with Crippen LogP contribution in [0.2, 0.25) is 0 Å². The molecule has 2 unspecified atom stereocenters. The number of likely N-dealkylation sites (N-methyl/N-ethyl adjacent to an activating group) is 1. The van der Waals surface area contributed by atoms with Crippen LogP contribution in [0.5, 0.6) is 0 Å². The van der Waals surface area contributed by atoms with E-state index in [2.05, 4.69) is 47.6 Å². The van der Waals surface area contributed by atoms with Gasteiger partial charge in [-0.1, -0.05) is 36.4 Å². The fourth-order valence-corrected chi connectivity index (χ4v) is 3.87. The Morgan fingerprint density at radius 3 is 2.57 bits per heavy atom. The Balaban J connectivity index is 1.29. The van der Waals surface area contributed by atoms with E-state index >= 15 is 0 Å². The Morgan fingerprint density at radius 1 is 1.11 bits per heavy atom. The molecule has 2 atom stereocenters. The van der Waals surface area contributed by atoms with Crippen LogP contribution in [0, 0.1) is 11.3 Å². The van der Waals surface area contributed by atoms with Gasteiger partial charge in [0.05, 0.1) is 18.2 Å².